The molecule has 0 aliphatic carbocycles. The van der Waals surface area contributed by atoms with Crippen LogP contribution in [0.3, 0.4) is 0 Å². The Bertz CT molecular complexity index is 391. The van der Waals surface area contributed by atoms with E-state index in [1.54, 1.807) is 6.07 Å². The molecule has 1 rings (SSSR count). The van der Waals surface area contributed by atoms with Crippen molar-refractivity contribution in [2.75, 3.05) is 0 Å². The molecule has 0 atom stereocenters. The minimum atomic E-state index is -4.23. The van der Waals surface area contributed by atoms with E-state index >= 15 is 0 Å². The van der Waals surface area contributed by atoms with Gasteiger partial charge in [0.25, 0.3) is 0 Å². The van der Waals surface area contributed by atoms with Crippen LogP contribution >= 0.6 is 0 Å². The van der Waals surface area contributed by atoms with Crippen molar-refractivity contribution in [2.24, 2.45) is 0 Å². The maximum Gasteiger partial charge on any atom is 0.416 e. The Balaban J connectivity index is 2.30. The van der Waals surface area contributed by atoms with Crippen molar-refractivity contribution < 1.29 is 13.2 Å². The third-order valence-corrected chi connectivity index (χ3v) is 3.08. The molecule has 0 N–H and O–H groups in total. The fourth-order valence-electron chi connectivity index (χ4n) is 2.01. The molecule has 0 saturated heterocycles. The summed E-state index contributed by atoms with van der Waals surface area (Å²) in [4.78, 5) is 0. The van der Waals surface area contributed by atoms with Crippen LogP contribution in [-0.2, 0) is 12.6 Å². The minimum Gasteiger partial charge on any atom is -0.166 e. The van der Waals surface area contributed by atoms with Crippen molar-refractivity contribution in [1.82, 2.24) is 0 Å². The van der Waals surface area contributed by atoms with Gasteiger partial charge in [-0.15, -0.1) is 0 Å². The smallest absolute Gasteiger partial charge is 0.166 e. The van der Waals surface area contributed by atoms with E-state index in [1.807, 2.05) is 13.0 Å². The van der Waals surface area contributed by atoms with Crippen molar-refractivity contribution in [3.05, 3.63) is 47.5 Å². The van der Waals surface area contributed by atoms with Crippen LogP contribution in [0.1, 0.15) is 50.2 Å². The molecule has 0 aromatic heterocycles. The Morgan fingerprint density at radius 1 is 1.05 bits per heavy atom. The van der Waals surface area contributed by atoms with Crippen LogP contribution in [0.15, 0.2) is 36.4 Å². The molecule has 0 saturated carbocycles. The quantitative estimate of drug-likeness (QED) is 0.435. The molecule has 0 heterocycles. The molecule has 0 amide bonds. The van der Waals surface area contributed by atoms with Crippen LogP contribution in [0.5, 0.6) is 0 Å². The highest BCUT2D eigenvalue weighted by Gasteiger charge is 2.30. The lowest BCUT2D eigenvalue weighted by Gasteiger charge is -2.08. The van der Waals surface area contributed by atoms with Crippen molar-refractivity contribution in [3.63, 3.8) is 0 Å². The number of allylic oxidation sites excluding steroid dienone is 2. The topological polar surface area (TPSA) is 0 Å². The van der Waals surface area contributed by atoms with Gasteiger partial charge >= 0.3 is 6.18 Å². The van der Waals surface area contributed by atoms with Crippen molar-refractivity contribution in [1.29, 1.82) is 0 Å². The number of unbranched alkanes of at least 4 members (excludes halogenated alkanes) is 4. The SMILES string of the molecule is CC=CCCCCCCc1cccc(C(F)(F)F)c1. The van der Waals surface area contributed by atoms with E-state index in [4.69, 9.17) is 0 Å². The fourth-order valence-corrected chi connectivity index (χ4v) is 2.01. The summed E-state index contributed by atoms with van der Waals surface area (Å²) in [5.41, 5.74) is 0.237. The van der Waals surface area contributed by atoms with Gasteiger partial charge in [0.05, 0.1) is 5.56 Å². The third kappa shape index (κ3) is 6.46. The fraction of sp³-hybridized carbons (Fsp3) is 0.500. The molecule has 3 heteroatoms. The Kier molecular flexibility index (Phi) is 6.68. The molecule has 106 valence electrons. The van der Waals surface area contributed by atoms with Crippen LogP contribution in [0.4, 0.5) is 13.2 Å². The zero-order chi connectivity index (χ0) is 14.1. The number of hydrogen-bond acceptors (Lipinski definition) is 0. The Morgan fingerprint density at radius 3 is 2.47 bits per heavy atom. The first-order valence-corrected chi connectivity index (χ1v) is 6.81. The average Bonchev–Trinajstić information content (AvgIpc) is 2.37. The number of alkyl halides is 3. The molecule has 0 fully saturated rings. The number of halogens is 3. The van der Waals surface area contributed by atoms with E-state index in [1.165, 1.54) is 12.1 Å². The average molecular weight is 270 g/mol. The zero-order valence-electron chi connectivity index (χ0n) is 11.3. The first-order chi connectivity index (χ1) is 9.04. The van der Waals surface area contributed by atoms with Crippen LogP contribution in [-0.4, -0.2) is 0 Å². The summed E-state index contributed by atoms with van der Waals surface area (Å²) in [6.07, 6.45) is 6.12. The molecule has 0 radical (unpaired) electrons. The molecular formula is C16H21F3. The molecule has 19 heavy (non-hydrogen) atoms. The summed E-state index contributed by atoms with van der Waals surface area (Å²) in [5, 5.41) is 0. The molecule has 0 aliphatic heterocycles. The molecule has 0 bridgehead atoms. The highest BCUT2D eigenvalue weighted by atomic mass is 19.4. The summed E-state index contributed by atoms with van der Waals surface area (Å²) >= 11 is 0. The van der Waals surface area contributed by atoms with E-state index < -0.39 is 11.7 Å². The summed E-state index contributed by atoms with van der Waals surface area (Å²) in [7, 11) is 0. The van der Waals surface area contributed by atoms with Crippen LogP contribution in [0.25, 0.3) is 0 Å². The summed E-state index contributed by atoms with van der Waals surface area (Å²) in [6.45, 7) is 2.01. The molecule has 0 spiro atoms. The second kappa shape index (κ2) is 8.03. The lowest BCUT2D eigenvalue weighted by molar-refractivity contribution is -0.137. The second-order valence-electron chi connectivity index (χ2n) is 4.72. The standard InChI is InChI=1S/C16H21F3/c1-2-3-4-5-6-7-8-10-14-11-9-12-15(13-14)16(17,18)19/h2-3,9,11-13H,4-8,10H2,1H3. The van der Waals surface area contributed by atoms with Crippen molar-refractivity contribution in [2.45, 2.75) is 51.6 Å². The number of benzene rings is 1. The molecule has 1 aromatic rings. The lowest BCUT2D eigenvalue weighted by Crippen LogP contribution is -2.05. The highest BCUT2D eigenvalue weighted by Crippen LogP contribution is 2.29. The Labute approximate surface area is 113 Å². The predicted molar refractivity (Wildman–Crippen MR) is 73.0 cm³/mol. The molecule has 1 aromatic carbocycles. The van der Waals surface area contributed by atoms with Gasteiger partial charge in [-0.3, -0.25) is 0 Å². The van der Waals surface area contributed by atoms with Gasteiger partial charge < -0.3 is 0 Å². The second-order valence-corrected chi connectivity index (χ2v) is 4.72. The number of rotatable bonds is 7. The zero-order valence-corrected chi connectivity index (χ0v) is 11.3. The largest absolute Gasteiger partial charge is 0.416 e. The molecule has 0 unspecified atom stereocenters. The maximum absolute atomic E-state index is 12.5. The van der Waals surface area contributed by atoms with Gasteiger partial charge in [0.15, 0.2) is 0 Å². The third-order valence-electron chi connectivity index (χ3n) is 3.08. The normalized spacial score (nSPS) is 12.2. The van der Waals surface area contributed by atoms with Crippen LogP contribution in [0, 0.1) is 0 Å². The predicted octanol–water partition coefficient (Wildman–Crippen LogP) is 5.77. The van der Waals surface area contributed by atoms with Gasteiger partial charge in [-0.05, 0) is 44.2 Å². The minimum absolute atomic E-state index is 0.543. The summed E-state index contributed by atoms with van der Waals surface area (Å²) < 4.78 is 37.6. The van der Waals surface area contributed by atoms with Gasteiger partial charge in [0.1, 0.15) is 0 Å². The van der Waals surface area contributed by atoms with E-state index in [0.717, 1.165) is 50.2 Å². The Morgan fingerprint density at radius 2 is 1.79 bits per heavy atom. The lowest BCUT2D eigenvalue weighted by atomic mass is 10.0. The number of aryl methyl sites for hydroxylation is 1. The maximum atomic E-state index is 12.5. The summed E-state index contributed by atoms with van der Waals surface area (Å²) in [5.74, 6) is 0. The van der Waals surface area contributed by atoms with E-state index in [-0.39, 0.29) is 0 Å². The Hall–Kier alpha value is -1.25. The van der Waals surface area contributed by atoms with E-state index in [2.05, 4.69) is 6.08 Å². The van der Waals surface area contributed by atoms with Gasteiger partial charge in [-0.25, -0.2) is 0 Å². The van der Waals surface area contributed by atoms with Crippen molar-refractivity contribution >= 4 is 0 Å². The van der Waals surface area contributed by atoms with Gasteiger partial charge in [-0.2, -0.15) is 13.2 Å². The van der Waals surface area contributed by atoms with E-state index in [0.29, 0.717) is 0 Å². The molecule has 0 nitrogen and oxygen atoms in total. The molecule has 0 aliphatic rings. The van der Waals surface area contributed by atoms with Crippen LogP contribution < -0.4 is 0 Å². The summed E-state index contributed by atoms with van der Waals surface area (Å²) in [6, 6.07) is 5.65. The van der Waals surface area contributed by atoms with Gasteiger partial charge in [0.2, 0.25) is 0 Å². The van der Waals surface area contributed by atoms with Gasteiger partial charge in [-0.1, -0.05) is 43.2 Å². The van der Waals surface area contributed by atoms with Crippen LogP contribution in [0.2, 0.25) is 0 Å². The highest BCUT2D eigenvalue weighted by molar-refractivity contribution is 5.25. The molecular weight excluding hydrogens is 249 g/mol. The van der Waals surface area contributed by atoms with Gasteiger partial charge in [0, 0.05) is 0 Å². The van der Waals surface area contributed by atoms with Crippen molar-refractivity contribution in [3.8, 4) is 0 Å². The first kappa shape index (κ1) is 15.8. The van der Waals surface area contributed by atoms with E-state index in [9.17, 15) is 13.2 Å². The number of hydrogen-bond donors (Lipinski definition) is 0. The first-order valence-electron chi connectivity index (χ1n) is 6.81. The monoisotopic (exact) mass is 270 g/mol.